The topological polar surface area (TPSA) is 56.2 Å². The van der Waals surface area contributed by atoms with Gasteiger partial charge in [0.2, 0.25) is 0 Å². The van der Waals surface area contributed by atoms with Crippen LogP contribution in [0.2, 0.25) is 0 Å². The molecule has 1 aromatic carbocycles. The van der Waals surface area contributed by atoms with Crippen molar-refractivity contribution in [2.24, 2.45) is 10.7 Å². The summed E-state index contributed by atoms with van der Waals surface area (Å²) in [6, 6.07) is 4.19. The molecule has 0 atom stereocenters. The smallest absolute Gasteiger partial charge is 0.125 e. The molecule has 0 unspecified atom stereocenters. The molecule has 1 heterocycles. The van der Waals surface area contributed by atoms with Crippen molar-refractivity contribution in [1.82, 2.24) is 9.78 Å². The third-order valence-corrected chi connectivity index (χ3v) is 2.82. The molecule has 0 saturated heterocycles. The van der Waals surface area contributed by atoms with Crippen LogP contribution in [0, 0.1) is 5.82 Å². The Morgan fingerprint density at radius 1 is 1.56 bits per heavy atom. The molecule has 0 aliphatic heterocycles. The van der Waals surface area contributed by atoms with E-state index in [1.807, 2.05) is 0 Å². The Balaban J connectivity index is 2.53. The number of rotatable bonds is 3. The molecule has 2 rings (SSSR count). The Hall–Kier alpha value is -1.40. The van der Waals surface area contributed by atoms with Gasteiger partial charge < -0.3 is 5.73 Å². The zero-order valence-electron chi connectivity index (χ0n) is 9.15. The molecule has 1 aromatic heterocycles. The maximum Gasteiger partial charge on any atom is 0.125 e. The normalized spacial score (nSPS) is 11.8. The minimum atomic E-state index is -0.397. The number of hydrogen-bond acceptors (Lipinski definition) is 2. The first kappa shape index (κ1) is 13.0. The Bertz CT molecular complexity index is 596. The number of alkyl halides is 1. The summed E-state index contributed by atoms with van der Waals surface area (Å²) in [4.78, 5) is 4.07. The number of nitrogens with zero attached hydrogens (tertiary/aromatic N) is 3. The van der Waals surface area contributed by atoms with Crippen molar-refractivity contribution >= 4 is 39.1 Å². The quantitative estimate of drug-likeness (QED) is 0.534. The molecule has 94 valence electrons. The Kier molecular flexibility index (Phi) is 3.98. The average Bonchev–Trinajstić information content (AvgIpc) is 2.75. The molecule has 7 heteroatoms. The number of benzene rings is 1. The van der Waals surface area contributed by atoms with Gasteiger partial charge in [-0.25, -0.2) is 14.1 Å². The number of aromatic nitrogens is 2. The largest absolute Gasteiger partial charge is 0.386 e. The first-order valence-electron chi connectivity index (χ1n) is 4.99. The Morgan fingerprint density at radius 3 is 2.94 bits per heavy atom. The van der Waals surface area contributed by atoms with Gasteiger partial charge in [0.15, 0.2) is 0 Å². The molecule has 0 bridgehead atoms. The Morgan fingerprint density at radius 2 is 2.33 bits per heavy atom. The Labute approximate surface area is 116 Å². The van der Waals surface area contributed by atoms with Crippen LogP contribution in [0.1, 0.15) is 0 Å². The van der Waals surface area contributed by atoms with Gasteiger partial charge in [0.25, 0.3) is 0 Å². The van der Waals surface area contributed by atoms with E-state index in [1.54, 1.807) is 23.1 Å². The molecule has 4 nitrogen and oxygen atoms in total. The molecule has 0 fully saturated rings. The van der Waals surface area contributed by atoms with Crippen LogP contribution >= 0.6 is 27.5 Å². The van der Waals surface area contributed by atoms with Crippen molar-refractivity contribution in [3.8, 4) is 5.69 Å². The highest BCUT2D eigenvalue weighted by Gasteiger charge is 2.07. The molecule has 2 aromatic rings. The summed E-state index contributed by atoms with van der Waals surface area (Å²) in [5.41, 5.74) is 6.56. The molecule has 0 radical (unpaired) electrons. The summed E-state index contributed by atoms with van der Waals surface area (Å²) in [6.45, 7) is 0. The molecule has 18 heavy (non-hydrogen) atoms. The maximum absolute atomic E-state index is 13.2. The third kappa shape index (κ3) is 2.88. The third-order valence-electron chi connectivity index (χ3n) is 2.14. The standard InChI is InChI=1S/C11H9BrClFN4/c12-7-5-16-18(6-7)10-2-1-8(14)3-9(10)17-11(15)4-13/h1-3,5-6H,4H2,(H2,15,17). The van der Waals surface area contributed by atoms with Gasteiger partial charge >= 0.3 is 0 Å². The molecule has 0 spiro atoms. The SMILES string of the molecule is NC(CCl)=Nc1cc(F)ccc1-n1cc(Br)cn1. The fourth-order valence-electron chi connectivity index (χ4n) is 1.40. The second-order valence-electron chi connectivity index (χ2n) is 3.47. The van der Waals surface area contributed by atoms with Crippen LogP contribution in [-0.4, -0.2) is 21.5 Å². The van der Waals surface area contributed by atoms with Crippen molar-refractivity contribution in [1.29, 1.82) is 0 Å². The summed E-state index contributed by atoms with van der Waals surface area (Å²) in [6.07, 6.45) is 3.37. The van der Waals surface area contributed by atoms with E-state index >= 15 is 0 Å². The lowest BCUT2D eigenvalue weighted by Gasteiger charge is -2.06. The minimum absolute atomic E-state index is 0.0821. The van der Waals surface area contributed by atoms with Crippen LogP contribution < -0.4 is 5.73 Å². The van der Waals surface area contributed by atoms with Crippen molar-refractivity contribution < 1.29 is 4.39 Å². The molecular weight excluding hydrogens is 323 g/mol. The number of aliphatic imine (C=N–C) groups is 1. The summed E-state index contributed by atoms with van der Waals surface area (Å²) in [5, 5.41) is 4.11. The molecule has 0 aliphatic rings. The zero-order valence-corrected chi connectivity index (χ0v) is 11.5. The van der Waals surface area contributed by atoms with Crippen molar-refractivity contribution in [3.05, 3.63) is 40.9 Å². The first-order chi connectivity index (χ1) is 8.60. The lowest BCUT2D eigenvalue weighted by atomic mass is 10.2. The van der Waals surface area contributed by atoms with Gasteiger partial charge in [-0.05, 0) is 28.1 Å². The van der Waals surface area contributed by atoms with E-state index in [9.17, 15) is 4.39 Å². The number of nitrogens with two attached hydrogens (primary N) is 1. The lowest BCUT2D eigenvalue weighted by molar-refractivity contribution is 0.627. The monoisotopic (exact) mass is 330 g/mol. The van der Waals surface area contributed by atoms with Gasteiger partial charge in [-0.3, -0.25) is 0 Å². The van der Waals surface area contributed by atoms with E-state index < -0.39 is 5.82 Å². The van der Waals surface area contributed by atoms with E-state index in [-0.39, 0.29) is 11.7 Å². The highest BCUT2D eigenvalue weighted by atomic mass is 79.9. The number of amidine groups is 1. The summed E-state index contributed by atoms with van der Waals surface area (Å²) in [5.74, 6) is -0.0977. The van der Waals surface area contributed by atoms with Gasteiger partial charge in [-0.15, -0.1) is 11.6 Å². The van der Waals surface area contributed by atoms with Crippen LogP contribution in [0.4, 0.5) is 10.1 Å². The highest BCUT2D eigenvalue weighted by molar-refractivity contribution is 9.10. The fraction of sp³-hybridized carbons (Fsp3) is 0.0909. The van der Waals surface area contributed by atoms with Crippen LogP contribution in [0.5, 0.6) is 0 Å². The van der Waals surface area contributed by atoms with Gasteiger partial charge in [-0.2, -0.15) is 5.10 Å². The van der Waals surface area contributed by atoms with Crippen LogP contribution in [0.15, 0.2) is 40.1 Å². The van der Waals surface area contributed by atoms with Crippen molar-refractivity contribution in [2.75, 3.05) is 5.88 Å². The second-order valence-corrected chi connectivity index (χ2v) is 4.66. The fourth-order valence-corrected chi connectivity index (χ4v) is 1.74. The molecular formula is C11H9BrClFN4. The molecule has 0 amide bonds. The van der Waals surface area contributed by atoms with E-state index in [2.05, 4.69) is 26.0 Å². The van der Waals surface area contributed by atoms with Gasteiger partial charge in [-0.1, -0.05) is 0 Å². The van der Waals surface area contributed by atoms with Crippen molar-refractivity contribution in [2.45, 2.75) is 0 Å². The van der Waals surface area contributed by atoms with E-state index in [0.717, 1.165) is 4.47 Å². The maximum atomic E-state index is 13.2. The summed E-state index contributed by atoms with van der Waals surface area (Å²) in [7, 11) is 0. The highest BCUT2D eigenvalue weighted by Crippen LogP contribution is 2.25. The zero-order chi connectivity index (χ0) is 13.1. The first-order valence-corrected chi connectivity index (χ1v) is 6.32. The van der Waals surface area contributed by atoms with Crippen LogP contribution in [0.25, 0.3) is 5.69 Å². The van der Waals surface area contributed by atoms with Crippen molar-refractivity contribution in [3.63, 3.8) is 0 Å². The second kappa shape index (κ2) is 5.49. The summed E-state index contributed by atoms with van der Waals surface area (Å²) >= 11 is 8.86. The minimum Gasteiger partial charge on any atom is -0.386 e. The molecule has 0 aliphatic carbocycles. The molecule has 2 N–H and O–H groups in total. The predicted molar refractivity (Wildman–Crippen MR) is 73.2 cm³/mol. The average molecular weight is 332 g/mol. The van der Waals surface area contributed by atoms with Crippen LogP contribution in [0.3, 0.4) is 0 Å². The summed E-state index contributed by atoms with van der Waals surface area (Å²) < 4.78 is 15.6. The van der Waals surface area contributed by atoms with Gasteiger partial charge in [0.05, 0.1) is 27.9 Å². The van der Waals surface area contributed by atoms with E-state index in [0.29, 0.717) is 11.4 Å². The van der Waals surface area contributed by atoms with E-state index in [4.69, 9.17) is 17.3 Å². The lowest BCUT2D eigenvalue weighted by Crippen LogP contribution is -2.12. The van der Waals surface area contributed by atoms with E-state index in [1.165, 1.54) is 12.1 Å². The number of halogens is 3. The number of hydrogen-bond donors (Lipinski definition) is 1. The molecule has 0 saturated carbocycles. The van der Waals surface area contributed by atoms with Crippen LogP contribution in [-0.2, 0) is 0 Å². The van der Waals surface area contributed by atoms with Gasteiger partial charge in [0, 0.05) is 12.3 Å². The predicted octanol–water partition coefficient (Wildman–Crippen LogP) is 3.00. The van der Waals surface area contributed by atoms with Gasteiger partial charge in [0.1, 0.15) is 11.7 Å².